The minimum absolute atomic E-state index is 0.00155. The van der Waals surface area contributed by atoms with Crippen molar-refractivity contribution in [1.29, 1.82) is 0 Å². The number of hydrogen-bond acceptors (Lipinski definition) is 3. The van der Waals surface area contributed by atoms with Crippen LogP contribution in [0.4, 0.5) is 4.39 Å². The molecule has 0 bridgehead atoms. The summed E-state index contributed by atoms with van der Waals surface area (Å²) in [6.45, 7) is 1.13. The number of likely N-dealkylation sites (N-methyl/N-ethyl adjacent to an activating group) is 1. The smallest absolute Gasteiger partial charge is 0.124 e. The maximum absolute atomic E-state index is 13.2. The molecule has 2 N–H and O–H groups in total. The number of aromatic nitrogens is 2. The zero-order valence-corrected chi connectivity index (χ0v) is 13.1. The average Bonchev–Trinajstić information content (AvgIpc) is 2.78. The molecule has 0 saturated heterocycles. The second-order valence-corrected chi connectivity index (χ2v) is 5.64. The van der Waals surface area contributed by atoms with Crippen LogP contribution in [0.1, 0.15) is 17.4 Å². The molecule has 2 aromatic rings. The van der Waals surface area contributed by atoms with Gasteiger partial charge >= 0.3 is 0 Å². The summed E-state index contributed by atoms with van der Waals surface area (Å²) in [5, 5.41) is 0. The van der Waals surface area contributed by atoms with Crippen LogP contribution in [-0.4, -0.2) is 28.0 Å². The van der Waals surface area contributed by atoms with E-state index in [0.29, 0.717) is 13.1 Å². The van der Waals surface area contributed by atoms with Gasteiger partial charge in [0.05, 0.1) is 6.54 Å². The van der Waals surface area contributed by atoms with E-state index in [9.17, 15) is 4.39 Å². The van der Waals surface area contributed by atoms with Crippen LogP contribution in [-0.2, 0) is 13.6 Å². The van der Waals surface area contributed by atoms with Gasteiger partial charge in [-0.2, -0.15) is 0 Å². The lowest BCUT2D eigenvalue weighted by atomic mass is 10.1. The Morgan fingerprint density at radius 1 is 1.50 bits per heavy atom. The Morgan fingerprint density at radius 2 is 2.25 bits per heavy atom. The second kappa shape index (κ2) is 6.47. The number of nitrogens with two attached hydrogens (primary N) is 1. The fraction of sp³-hybridized carbons (Fsp3) is 0.357. The lowest BCUT2D eigenvalue weighted by molar-refractivity contribution is 0.233. The molecule has 0 saturated carbocycles. The van der Waals surface area contributed by atoms with E-state index in [0.717, 1.165) is 15.9 Å². The highest BCUT2D eigenvalue weighted by Gasteiger charge is 2.19. The predicted octanol–water partition coefficient (Wildman–Crippen LogP) is 2.45. The Kier molecular flexibility index (Phi) is 4.91. The summed E-state index contributed by atoms with van der Waals surface area (Å²) in [5.74, 6) is 0.701. The molecular formula is C14H18BrFN4. The van der Waals surface area contributed by atoms with Crippen molar-refractivity contribution in [3.8, 4) is 0 Å². The van der Waals surface area contributed by atoms with Crippen LogP contribution in [0.3, 0.4) is 0 Å². The first-order chi connectivity index (χ1) is 9.52. The van der Waals surface area contributed by atoms with E-state index in [1.807, 2.05) is 24.9 Å². The summed E-state index contributed by atoms with van der Waals surface area (Å²) in [4.78, 5) is 6.42. The molecule has 1 aromatic heterocycles. The Hall–Kier alpha value is -1.24. The summed E-state index contributed by atoms with van der Waals surface area (Å²) < 4.78 is 15.9. The fourth-order valence-corrected chi connectivity index (χ4v) is 2.81. The van der Waals surface area contributed by atoms with Gasteiger partial charge in [0.1, 0.15) is 11.6 Å². The molecule has 1 atom stereocenters. The second-order valence-electron chi connectivity index (χ2n) is 4.79. The highest BCUT2D eigenvalue weighted by molar-refractivity contribution is 9.10. The third-order valence-electron chi connectivity index (χ3n) is 3.39. The van der Waals surface area contributed by atoms with E-state index in [-0.39, 0.29) is 11.9 Å². The van der Waals surface area contributed by atoms with Gasteiger partial charge in [0.25, 0.3) is 0 Å². The molecule has 1 unspecified atom stereocenters. The summed E-state index contributed by atoms with van der Waals surface area (Å²) in [5.41, 5.74) is 6.87. The van der Waals surface area contributed by atoms with Crippen molar-refractivity contribution in [3.63, 3.8) is 0 Å². The van der Waals surface area contributed by atoms with Gasteiger partial charge < -0.3 is 10.3 Å². The Balaban J connectivity index is 2.21. The Bertz CT molecular complexity index is 584. The summed E-state index contributed by atoms with van der Waals surface area (Å²) in [7, 11) is 3.95. The average molecular weight is 341 g/mol. The van der Waals surface area contributed by atoms with Crippen molar-refractivity contribution in [3.05, 3.63) is 52.3 Å². The number of nitrogens with zero attached hydrogens (tertiary/aromatic N) is 3. The van der Waals surface area contributed by atoms with Gasteiger partial charge in [0.2, 0.25) is 0 Å². The first kappa shape index (κ1) is 15.2. The third kappa shape index (κ3) is 3.26. The largest absolute Gasteiger partial charge is 0.337 e. The van der Waals surface area contributed by atoms with E-state index in [2.05, 4.69) is 25.8 Å². The molecule has 0 radical (unpaired) electrons. The van der Waals surface area contributed by atoms with E-state index in [1.54, 1.807) is 12.3 Å². The first-order valence-corrected chi connectivity index (χ1v) is 7.13. The molecule has 1 heterocycles. The molecule has 0 aliphatic carbocycles. The van der Waals surface area contributed by atoms with Crippen LogP contribution in [0.5, 0.6) is 0 Å². The number of hydrogen-bond donors (Lipinski definition) is 1. The van der Waals surface area contributed by atoms with E-state index in [4.69, 9.17) is 5.73 Å². The van der Waals surface area contributed by atoms with Crippen molar-refractivity contribution in [1.82, 2.24) is 14.5 Å². The van der Waals surface area contributed by atoms with Gasteiger partial charge in [-0.3, -0.25) is 4.90 Å². The monoisotopic (exact) mass is 340 g/mol. The zero-order chi connectivity index (χ0) is 14.7. The molecule has 4 nitrogen and oxygen atoms in total. The minimum Gasteiger partial charge on any atom is -0.337 e. The number of halogens is 2. The lowest BCUT2D eigenvalue weighted by Gasteiger charge is -2.27. The Labute approximate surface area is 126 Å². The van der Waals surface area contributed by atoms with Gasteiger partial charge in [-0.15, -0.1) is 0 Å². The molecule has 20 heavy (non-hydrogen) atoms. The molecule has 0 fully saturated rings. The summed E-state index contributed by atoms with van der Waals surface area (Å²) in [6.07, 6.45) is 3.68. The van der Waals surface area contributed by atoms with Crippen molar-refractivity contribution < 1.29 is 4.39 Å². The number of rotatable bonds is 5. The zero-order valence-electron chi connectivity index (χ0n) is 11.6. The highest BCUT2D eigenvalue weighted by atomic mass is 79.9. The fourth-order valence-electron chi connectivity index (χ4n) is 2.20. The maximum Gasteiger partial charge on any atom is 0.124 e. The van der Waals surface area contributed by atoms with Gasteiger partial charge in [-0.05, 0) is 24.7 Å². The van der Waals surface area contributed by atoms with Gasteiger partial charge in [0, 0.05) is 36.5 Å². The van der Waals surface area contributed by atoms with E-state index in [1.165, 1.54) is 12.1 Å². The molecule has 0 aliphatic rings. The quantitative estimate of drug-likeness (QED) is 0.909. The van der Waals surface area contributed by atoms with E-state index >= 15 is 0 Å². The number of aryl methyl sites for hydroxylation is 1. The molecule has 0 amide bonds. The highest BCUT2D eigenvalue weighted by Crippen LogP contribution is 2.28. The lowest BCUT2D eigenvalue weighted by Crippen LogP contribution is -2.31. The Morgan fingerprint density at radius 3 is 2.80 bits per heavy atom. The molecular weight excluding hydrogens is 323 g/mol. The summed E-state index contributed by atoms with van der Waals surface area (Å²) in [6, 6.07) is 4.69. The first-order valence-electron chi connectivity index (χ1n) is 6.34. The van der Waals surface area contributed by atoms with Crippen molar-refractivity contribution in [2.75, 3.05) is 13.6 Å². The van der Waals surface area contributed by atoms with Crippen LogP contribution in [0, 0.1) is 5.82 Å². The van der Waals surface area contributed by atoms with Crippen LogP contribution in [0.15, 0.2) is 35.1 Å². The SMILES string of the molecule is CN(Cc1nccn1C)C(CN)c1ccc(F)cc1Br. The minimum atomic E-state index is -0.261. The molecule has 6 heteroatoms. The van der Waals surface area contributed by atoms with Crippen LogP contribution in [0.2, 0.25) is 0 Å². The predicted molar refractivity (Wildman–Crippen MR) is 80.6 cm³/mol. The third-order valence-corrected chi connectivity index (χ3v) is 4.08. The molecule has 0 spiro atoms. The van der Waals surface area contributed by atoms with Crippen molar-refractivity contribution >= 4 is 15.9 Å². The summed E-state index contributed by atoms with van der Waals surface area (Å²) >= 11 is 3.41. The molecule has 1 aromatic carbocycles. The van der Waals surface area contributed by atoms with Gasteiger partial charge in [0.15, 0.2) is 0 Å². The molecule has 0 aliphatic heterocycles. The molecule has 2 rings (SSSR count). The standard InChI is InChI=1S/C14H18BrFN4/c1-19-6-5-18-14(19)9-20(2)13(8-17)11-4-3-10(16)7-12(11)15/h3-7,13H,8-9,17H2,1-2H3. The van der Waals surface area contributed by atoms with Crippen LogP contribution < -0.4 is 5.73 Å². The van der Waals surface area contributed by atoms with Crippen LogP contribution in [0.25, 0.3) is 0 Å². The number of imidazole rings is 1. The number of benzene rings is 1. The normalized spacial score (nSPS) is 12.9. The van der Waals surface area contributed by atoms with Gasteiger partial charge in [-0.1, -0.05) is 22.0 Å². The molecule has 108 valence electrons. The van der Waals surface area contributed by atoms with E-state index < -0.39 is 0 Å². The van der Waals surface area contributed by atoms with Crippen molar-refractivity contribution in [2.24, 2.45) is 12.8 Å². The maximum atomic E-state index is 13.2. The topological polar surface area (TPSA) is 47.1 Å². The van der Waals surface area contributed by atoms with Gasteiger partial charge in [-0.25, -0.2) is 9.37 Å². The van der Waals surface area contributed by atoms with Crippen molar-refractivity contribution in [2.45, 2.75) is 12.6 Å². The van der Waals surface area contributed by atoms with Crippen LogP contribution >= 0.6 is 15.9 Å².